The zero-order valence-corrected chi connectivity index (χ0v) is 66.4. The van der Waals surface area contributed by atoms with Crippen LogP contribution in [0.25, 0.3) is 0 Å². The molecule has 99 heavy (non-hydrogen) atoms. The van der Waals surface area contributed by atoms with Crippen molar-refractivity contribution in [1.29, 1.82) is 0 Å². The average molecular weight is 1450 g/mol. The van der Waals surface area contributed by atoms with E-state index in [4.69, 9.17) is 37.0 Å². The van der Waals surface area contributed by atoms with Crippen LogP contribution in [0.15, 0.2) is 0 Å². The molecule has 0 aliphatic carbocycles. The van der Waals surface area contributed by atoms with Crippen molar-refractivity contribution in [2.75, 3.05) is 39.6 Å². The Morgan fingerprint density at radius 1 is 0.273 bits per heavy atom. The number of carbonyl (C=O) groups excluding carboxylic acids is 4. The van der Waals surface area contributed by atoms with Crippen molar-refractivity contribution < 1.29 is 80.2 Å². The lowest BCUT2D eigenvalue weighted by atomic mass is 10.0. The molecule has 0 bridgehead atoms. The molecule has 2 unspecified atom stereocenters. The molecule has 5 atom stereocenters. The maximum atomic E-state index is 13.1. The van der Waals surface area contributed by atoms with E-state index in [-0.39, 0.29) is 25.7 Å². The van der Waals surface area contributed by atoms with E-state index in [1.807, 2.05) is 0 Å². The Hall–Kier alpha value is -1.94. The molecule has 19 heteroatoms. The minimum Gasteiger partial charge on any atom is -0.462 e. The lowest BCUT2D eigenvalue weighted by molar-refractivity contribution is -0.161. The summed E-state index contributed by atoms with van der Waals surface area (Å²) in [6, 6.07) is 0. The fourth-order valence-electron chi connectivity index (χ4n) is 12.4. The summed E-state index contributed by atoms with van der Waals surface area (Å²) in [5.41, 5.74) is 0. The molecule has 0 aromatic carbocycles. The number of aliphatic hydroxyl groups excluding tert-OH is 1. The Kier molecular flexibility index (Phi) is 71.6. The quantitative estimate of drug-likeness (QED) is 0.0222. The molecule has 0 fully saturated rings. The van der Waals surface area contributed by atoms with Crippen molar-refractivity contribution in [1.82, 2.24) is 0 Å². The topological polar surface area (TPSA) is 237 Å². The zero-order valence-electron chi connectivity index (χ0n) is 64.6. The van der Waals surface area contributed by atoms with Gasteiger partial charge in [0.1, 0.15) is 19.3 Å². The van der Waals surface area contributed by atoms with Crippen LogP contribution in [0.3, 0.4) is 0 Å². The summed E-state index contributed by atoms with van der Waals surface area (Å²) in [4.78, 5) is 72.7. The minimum absolute atomic E-state index is 0.102. The highest BCUT2D eigenvalue weighted by atomic mass is 31.2. The molecule has 0 rings (SSSR count). The van der Waals surface area contributed by atoms with Gasteiger partial charge in [0, 0.05) is 25.7 Å². The van der Waals surface area contributed by atoms with Crippen LogP contribution in [0.2, 0.25) is 0 Å². The third-order valence-electron chi connectivity index (χ3n) is 18.8. The number of rotatable bonds is 80. The van der Waals surface area contributed by atoms with E-state index in [9.17, 15) is 43.2 Å². The molecule has 0 radical (unpaired) electrons. The Balaban J connectivity index is 5.13. The van der Waals surface area contributed by atoms with Crippen LogP contribution in [0.1, 0.15) is 426 Å². The van der Waals surface area contributed by atoms with E-state index < -0.39 is 97.5 Å². The van der Waals surface area contributed by atoms with E-state index in [0.29, 0.717) is 31.6 Å². The predicted molar refractivity (Wildman–Crippen MR) is 405 cm³/mol. The van der Waals surface area contributed by atoms with Gasteiger partial charge in [0.25, 0.3) is 0 Å². The number of phosphoric ester groups is 2. The summed E-state index contributed by atoms with van der Waals surface area (Å²) in [7, 11) is -9.91. The molecule has 588 valence electrons. The summed E-state index contributed by atoms with van der Waals surface area (Å²) in [5.74, 6) is -1.45. The Labute approximate surface area is 607 Å². The lowest BCUT2D eigenvalue weighted by Gasteiger charge is -2.21. The van der Waals surface area contributed by atoms with E-state index in [1.165, 1.54) is 244 Å². The fourth-order valence-corrected chi connectivity index (χ4v) is 14.0. The molecule has 0 saturated carbocycles. The smallest absolute Gasteiger partial charge is 0.462 e. The van der Waals surface area contributed by atoms with Gasteiger partial charge in [-0.3, -0.25) is 37.3 Å². The SMILES string of the molecule is CCCCCCCCCCCCCCCCCCCCCCCCC(=O)O[C@H](COC(=O)CCCCCCCCCCCCCCCCCCCCCC)COP(=O)(O)OC[C@@H](O)COP(=O)(O)OC[C@@H](COC(=O)CCCCCCCCCC)OC(=O)CCCCCCCCC(C)C. The van der Waals surface area contributed by atoms with Crippen LogP contribution in [0.5, 0.6) is 0 Å². The van der Waals surface area contributed by atoms with Crippen molar-refractivity contribution in [3.8, 4) is 0 Å². The average Bonchev–Trinajstić information content (AvgIpc) is 1.05. The van der Waals surface area contributed by atoms with Crippen molar-refractivity contribution in [2.45, 2.75) is 445 Å². The minimum atomic E-state index is -4.96. The molecule has 0 aliphatic rings. The van der Waals surface area contributed by atoms with Crippen LogP contribution in [0, 0.1) is 5.92 Å². The zero-order chi connectivity index (χ0) is 72.7. The monoisotopic (exact) mass is 1450 g/mol. The summed E-state index contributed by atoms with van der Waals surface area (Å²) in [6.45, 7) is 7.18. The summed E-state index contributed by atoms with van der Waals surface area (Å²) in [6.07, 6.45) is 64.5. The number of carbonyl (C=O) groups is 4. The summed E-state index contributed by atoms with van der Waals surface area (Å²) >= 11 is 0. The predicted octanol–water partition coefficient (Wildman–Crippen LogP) is 24.0. The van der Waals surface area contributed by atoms with E-state index in [2.05, 4.69) is 34.6 Å². The summed E-state index contributed by atoms with van der Waals surface area (Å²) < 4.78 is 68.5. The highest BCUT2D eigenvalue weighted by Crippen LogP contribution is 2.45. The Morgan fingerprint density at radius 3 is 0.687 bits per heavy atom. The molecule has 0 heterocycles. The molecule has 0 aliphatic heterocycles. The normalized spacial score (nSPS) is 13.9. The molecule has 0 spiro atoms. The van der Waals surface area contributed by atoms with Gasteiger partial charge in [-0.1, -0.05) is 375 Å². The van der Waals surface area contributed by atoms with E-state index in [0.717, 1.165) is 96.3 Å². The first-order chi connectivity index (χ1) is 48.0. The number of unbranched alkanes of at least 4 members (excludes halogenated alkanes) is 52. The van der Waals surface area contributed by atoms with Crippen molar-refractivity contribution in [3.05, 3.63) is 0 Å². The molecular formula is C80H156O17P2. The van der Waals surface area contributed by atoms with Crippen LogP contribution in [0.4, 0.5) is 0 Å². The Bertz CT molecular complexity index is 1890. The second kappa shape index (κ2) is 73.0. The van der Waals surface area contributed by atoms with Gasteiger partial charge in [-0.2, -0.15) is 0 Å². The second-order valence-corrected chi connectivity index (χ2v) is 32.2. The Morgan fingerprint density at radius 2 is 0.465 bits per heavy atom. The molecule has 0 aromatic heterocycles. The summed E-state index contributed by atoms with van der Waals surface area (Å²) in [5, 5.41) is 10.6. The third kappa shape index (κ3) is 74.1. The number of phosphoric acid groups is 2. The number of esters is 4. The van der Waals surface area contributed by atoms with Gasteiger partial charge in [0.2, 0.25) is 0 Å². The first-order valence-electron chi connectivity index (χ1n) is 41.6. The van der Waals surface area contributed by atoms with Crippen LogP contribution < -0.4 is 0 Å². The standard InChI is InChI=1S/C80H156O17P2/c1-6-9-12-15-18-21-23-25-27-29-31-33-34-36-38-40-42-44-46-49-55-60-65-79(84)96-75(69-91-78(83)64-59-54-48-45-43-41-39-37-35-32-30-28-26-24-22-19-16-13-10-7-2)71-94-98(86,87)92-67-74(81)68-93-99(88,89)95-72-76(70-90-77(82)63-58-53-47-20-17-14-11-8-3)97-80(85)66-61-56-51-50-52-57-62-73(4)5/h73-76,81H,6-72H2,1-5H3,(H,86,87)(H,88,89)/t74-,75-,76-/m1/s1. The van der Waals surface area contributed by atoms with Crippen molar-refractivity contribution in [2.24, 2.45) is 5.92 Å². The maximum Gasteiger partial charge on any atom is 0.472 e. The first kappa shape index (κ1) is 97.1. The van der Waals surface area contributed by atoms with Gasteiger partial charge >= 0.3 is 39.5 Å². The highest BCUT2D eigenvalue weighted by Gasteiger charge is 2.30. The van der Waals surface area contributed by atoms with E-state index in [1.54, 1.807) is 0 Å². The van der Waals surface area contributed by atoms with Crippen molar-refractivity contribution in [3.63, 3.8) is 0 Å². The molecular weight excluding hydrogens is 1290 g/mol. The maximum absolute atomic E-state index is 13.1. The first-order valence-corrected chi connectivity index (χ1v) is 44.6. The van der Waals surface area contributed by atoms with Gasteiger partial charge in [-0.05, 0) is 31.6 Å². The van der Waals surface area contributed by atoms with Gasteiger partial charge in [-0.25, -0.2) is 9.13 Å². The van der Waals surface area contributed by atoms with Gasteiger partial charge in [0.15, 0.2) is 12.2 Å². The van der Waals surface area contributed by atoms with Gasteiger partial charge in [0.05, 0.1) is 26.4 Å². The molecule has 0 aromatic rings. The molecule has 17 nitrogen and oxygen atoms in total. The fraction of sp³-hybridized carbons (Fsp3) is 0.950. The number of ether oxygens (including phenoxy) is 4. The number of aliphatic hydroxyl groups is 1. The van der Waals surface area contributed by atoms with E-state index >= 15 is 0 Å². The van der Waals surface area contributed by atoms with Crippen LogP contribution >= 0.6 is 15.6 Å². The highest BCUT2D eigenvalue weighted by molar-refractivity contribution is 7.47. The van der Waals surface area contributed by atoms with Crippen LogP contribution in [-0.4, -0.2) is 96.7 Å². The van der Waals surface area contributed by atoms with Gasteiger partial charge in [-0.15, -0.1) is 0 Å². The number of hydrogen-bond donors (Lipinski definition) is 3. The molecule has 0 saturated heterocycles. The lowest BCUT2D eigenvalue weighted by Crippen LogP contribution is -2.30. The van der Waals surface area contributed by atoms with Crippen molar-refractivity contribution >= 4 is 39.5 Å². The van der Waals surface area contributed by atoms with Crippen LogP contribution in [-0.2, 0) is 65.4 Å². The third-order valence-corrected chi connectivity index (χ3v) is 20.7. The number of hydrogen-bond acceptors (Lipinski definition) is 15. The molecule has 0 amide bonds. The second-order valence-electron chi connectivity index (χ2n) is 29.3. The molecule has 3 N–H and O–H groups in total. The largest absolute Gasteiger partial charge is 0.472 e. The van der Waals surface area contributed by atoms with Gasteiger partial charge < -0.3 is 33.8 Å².